The van der Waals surface area contributed by atoms with E-state index in [1.54, 1.807) is 18.3 Å². The van der Waals surface area contributed by atoms with Gasteiger partial charge in [0.2, 0.25) is 0 Å². The molecule has 2 heterocycles. The van der Waals surface area contributed by atoms with Crippen molar-refractivity contribution in [3.05, 3.63) is 89.2 Å². The molecule has 6 heteroatoms. The summed E-state index contributed by atoms with van der Waals surface area (Å²) in [5, 5.41) is 10.9. The second-order valence-electron chi connectivity index (χ2n) is 11.2. The van der Waals surface area contributed by atoms with Crippen molar-refractivity contribution in [2.75, 3.05) is 6.54 Å². The Morgan fingerprint density at radius 1 is 0.972 bits per heavy atom. The summed E-state index contributed by atoms with van der Waals surface area (Å²) in [4.78, 5) is 17.2. The largest absolute Gasteiger partial charge is 0.348 e. The Bertz CT molecular complexity index is 1150. The second kappa shape index (κ2) is 11.1. The molecule has 0 bridgehead atoms. The predicted molar refractivity (Wildman–Crippen MR) is 148 cm³/mol. The van der Waals surface area contributed by atoms with Crippen molar-refractivity contribution in [2.45, 2.75) is 70.1 Å². The van der Waals surface area contributed by atoms with Crippen LogP contribution in [0.15, 0.2) is 72.9 Å². The monoisotopic (exact) mass is 504 g/mol. The number of amides is 1. The van der Waals surface area contributed by atoms with Gasteiger partial charge < -0.3 is 16.0 Å². The Kier molecular flexibility index (Phi) is 8.13. The van der Waals surface area contributed by atoms with Crippen LogP contribution in [0.25, 0.3) is 11.1 Å². The fourth-order valence-corrected chi connectivity index (χ4v) is 5.72. The van der Waals surface area contributed by atoms with E-state index >= 15 is 0 Å². The van der Waals surface area contributed by atoms with Crippen LogP contribution in [0.4, 0.5) is 0 Å². The van der Waals surface area contributed by atoms with Crippen molar-refractivity contribution in [3.63, 3.8) is 0 Å². The first-order valence-corrected chi connectivity index (χ1v) is 13.1. The zero-order valence-corrected chi connectivity index (χ0v) is 22.4. The smallest absolute Gasteiger partial charge is 0.254 e. The number of aromatic nitrogens is 1. The van der Waals surface area contributed by atoms with Crippen molar-refractivity contribution in [2.24, 2.45) is 0 Å². The van der Waals surface area contributed by atoms with Gasteiger partial charge in [-0.25, -0.2) is 4.98 Å². The van der Waals surface area contributed by atoms with Crippen LogP contribution in [0.1, 0.15) is 56.5 Å². The molecule has 1 aromatic heterocycles. The van der Waals surface area contributed by atoms with Gasteiger partial charge in [-0.15, -0.1) is 0 Å². The summed E-state index contributed by atoms with van der Waals surface area (Å²) in [7, 11) is 0. The number of nitrogens with zero attached hydrogens (tertiary/aromatic N) is 1. The third-order valence-electron chi connectivity index (χ3n) is 6.73. The molecule has 3 aromatic rings. The van der Waals surface area contributed by atoms with Gasteiger partial charge in [-0.3, -0.25) is 4.79 Å². The molecule has 0 saturated carbocycles. The molecule has 0 unspecified atom stereocenters. The number of nitrogens with one attached hydrogen (secondary N) is 3. The highest BCUT2D eigenvalue weighted by atomic mass is 35.5. The lowest BCUT2D eigenvalue weighted by molar-refractivity contribution is 0.0930. The first-order chi connectivity index (χ1) is 17.1. The van der Waals surface area contributed by atoms with Gasteiger partial charge in [-0.2, -0.15) is 0 Å². The lowest BCUT2D eigenvalue weighted by Gasteiger charge is -2.47. The average Bonchev–Trinajstić information content (AvgIpc) is 2.82. The summed E-state index contributed by atoms with van der Waals surface area (Å²) in [6.07, 6.45) is 4.35. The van der Waals surface area contributed by atoms with Crippen LogP contribution in [-0.2, 0) is 6.42 Å². The molecule has 2 aromatic carbocycles. The van der Waals surface area contributed by atoms with Crippen LogP contribution in [0.2, 0.25) is 5.15 Å². The summed E-state index contributed by atoms with van der Waals surface area (Å²) >= 11 is 6.21. The van der Waals surface area contributed by atoms with E-state index in [4.69, 9.17) is 11.6 Å². The first-order valence-electron chi connectivity index (χ1n) is 12.7. The fraction of sp³-hybridized carbons (Fsp3) is 0.400. The minimum Gasteiger partial charge on any atom is -0.348 e. The minimum atomic E-state index is -0.202. The van der Waals surface area contributed by atoms with Gasteiger partial charge in [0, 0.05) is 35.9 Å². The number of benzene rings is 2. The number of pyridine rings is 1. The van der Waals surface area contributed by atoms with Gasteiger partial charge in [-0.05, 0) is 75.8 Å². The topological polar surface area (TPSA) is 66.0 Å². The normalized spacial score (nSPS) is 17.9. The molecule has 0 radical (unpaired) electrons. The number of carbonyl (C=O) groups excluding carboxylic acids is 1. The number of piperidine rings is 1. The number of halogens is 1. The molecule has 1 saturated heterocycles. The van der Waals surface area contributed by atoms with E-state index in [1.807, 2.05) is 18.2 Å². The molecule has 190 valence electrons. The van der Waals surface area contributed by atoms with Gasteiger partial charge in [-0.1, -0.05) is 66.2 Å². The van der Waals surface area contributed by atoms with E-state index in [9.17, 15) is 4.79 Å². The maximum Gasteiger partial charge on any atom is 0.254 e. The Balaban J connectivity index is 1.48. The van der Waals surface area contributed by atoms with E-state index in [1.165, 1.54) is 16.7 Å². The van der Waals surface area contributed by atoms with Crippen LogP contribution in [0.3, 0.4) is 0 Å². The molecule has 4 rings (SSSR count). The van der Waals surface area contributed by atoms with Crippen LogP contribution in [-0.4, -0.2) is 40.6 Å². The molecule has 1 fully saturated rings. The quantitative estimate of drug-likeness (QED) is 0.347. The maximum atomic E-state index is 13.1. The second-order valence-corrected chi connectivity index (χ2v) is 11.5. The fourth-order valence-electron chi connectivity index (χ4n) is 5.52. The Morgan fingerprint density at radius 2 is 1.61 bits per heavy atom. The molecule has 1 amide bonds. The summed E-state index contributed by atoms with van der Waals surface area (Å²) in [6.45, 7) is 9.67. The minimum absolute atomic E-state index is 0.0503. The summed E-state index contributed by atoms with van der Waals surface area (Å²) < 4.78 is 0. The summed E-state index contributed by atoms with van der Waals surface area (Å²) in [5.41, 5.74) is 4.04. The lowest BCUT2D eigenvalue weighted by Crippen LogP contribution is -2.62. The van der Waals surface area contributed by atoms with Crippen LogP contribution in [0.5, 0.6) is 0 Å². The molecule has 0 spiro atoms. The zero-order chi connectivity index (χ0) is 25.8. The Labute approximate surface area is 220 Å². The molecule has 1 aliphatic rings. The van der Waals surface area contributed by atoms with Crippen molar-refractivity contribution in [1.82, 2.24) is 20.9 Å². The molecule has 0 aliphatic carbocycles. The molecule has 1 aliphatic heterocycles. The third kappa shape index (κ3) is 7.16. The van der Waals surface area contributed by atoms with Gasteiger partial charge in [0.05, 0.1) is 5.56 Å². The standard InChI is InChI=1S/C30H37ClN4O/c1-29(2)18-25(19-30(3,4)35-29)33-20-24(34-28(36)26-11-8-16-32-27(26)31)17-21-12-14-23(15-13-21)22-9-6-5-7-10-22/h5-16,24-25,33,35H,17-20H2,1-4H3,(H,34,36)/t24-/m0/s1. The van der Waals surface area contributed by atoms with Crippen molar-refractivity contribution in [3.8, 4) is 11.1 Å². The number of carbonyl (C=O) groups is 1. The third-order valence-corrected chi connectivity index (χ3v) is 7.03. The lowest BCUT2D eigenvalue weighted by atomic mass is 9.79. The van der Waals surface area contributed by atoms with Crippen LogP contribution >= 0.6 is 11.6 Å². The van der Waals surface area contributed by atoms with E-state index < -0.39 is 0 Å². The van der Waals surface area contributed by atoms with Gasteiger partial charge >= 0.3 is 0 Å². The first kappa shape index (κ1) is 26.3. The van der Waals surface area contributed by atoms with Crippen molar-refractivity contribution in [1.29, 1.82) is 0 Å². The molecule has 1 atom stereocenters. The summed E-state index contributed by atoms with van der Waals surface area (Å²) in [5.74, 6) is -0.202. The zero-order valence-electron chi connectivity index (χ0n) is 21.6. The number of hydrogen-bond donors (Lipinski definition) is 3. The Hall–Kier alpha value is -2.73. The number of rotatable bonds is 8. The highest BCUT2D eigenvalue weighted by Gasteiger charge is 2.37. The Morgan fingerprint density at radius 3 is 2.25 bits per heavy atom. The van der Waals surface area contributed by atoms with E-state index in [-0.39, 0.29) is 28.2 Å². The van der Waals surface area contributed by atoms with E-state index in [0.717, 1.165) is 12.8 Å². The van der Waals surface area contributed by atoms with Crippen molar-refractivity contribution >= 4 is 17.5 Å². The van der Waals surface area contributed by atoms with Gasteiger partial charge in [0.25, 0.3) is 5.91 Å². The van der Waals surface area contributed by atoms with Crippen LogP contribution in [0, 0.1) is 0 Å². The highest BCUT2D eigenvalue weighted by Crippen LogP contribution is 2.28. The SMILES string of the molecule is CC1(C)CC(NC[C@H](Cc2ccc(-c3ccccc3)cc2)NC(=O)c2cccnc2Cl)CC(C)(C)N1. The van der Waals surface area contributed by atoms with E-state index in [2.05, 4.69) is 85.0 Å². The summed E-state index contributed by atoms with van der Waals surface area (Å²) in [6, 6.07) is 22.6. The molecule has 3 N–H and O–H groups in total. The van der Waals surface area contributed by atoms with Crippen molar-refractivity contribution < 1.29 is 4.79 Å². The molecule has 36 heavy (non-hydrogen) atoms. The molecular weight excluding hydrogens is 468 g/mol. The molecule has 5 nitrogen and oxygen atoms in total. The number of hydrogen-bond acceptors (Lipinski definition) is 4. The predicted octanol–water partition coefficient (Wildman–Crippen LogP) is 5.64. The van der Waals surface area contributed by atoms with Gasteiger partial charge in [0.1, 0.15) is 5.15 Å². The average molecular weight is 505 g/mol. The van der Waals surface area contributed by atoms with Gasteiger partial charge in [0.15, 0.2) is 0 Å². The molecular formula is C30H37ClN4O. The van der Waals surface area contributed by atoms with E-state index in [0.29, 0.717) is 24.6 Å². The highest BCUT2D eigenvalue weighted by molar-refractivity contribution is 6.32. The van der Waals surface area contributed by atoms with Crippen LogP contribution < -0.4 is 16.0 Å². The maximum absolute atomic E-state index is 13.1.